The normalized spacial score (nSPS) is 16.9. The van der Waals surface area contributed by atoms with Gasteiger partial charge in [-0.1, -0.05) is 20.0 Å². The van der Waals surface area contributed by atoms with Crippen LogP contribution in [0, 0.1) is 0 Å². The molecule has 0 bridgehead atoms. The topological polar surface area (TPSA) is 164 Å². The van der Waals surface area contributed by atoms with Gasteiger partial charge in [-0.05, 0) is 89.0 Å². The zero-order chi connectivity index (χ0) is 40.2. The summed E-state index contributed by atoms with van der Waals surface area (Å²) in [5.41, 5.74) is -2.16. The van der Waals surface area contributed by atoms with E-state index in [1.807, 2.05) is 13.1 Å². The third kappa shape index (κ3) is 8.40. The van der Waals surface area contributed by atoms with E-state index in [9.17, 15) is 37.1 Å². The van der Waals surface area contributed by atoms with Crippen LogP contribution in [-0.2, 0) is 47.3 Å². The maximum atomic E-state index is 14.2. The Morgan fingerprint density at radius 3 is 2.24 bits per heavy atom. The van der Waals surface area contributed by atoms with Gasteiger partial charge < -0.3 is 28.8 Å². The van der Waals surface area contributed by atoms with Gasteiger partial charge in [0, 0.05) is 23.1 Å². The molecule has 5 rings (SSSR count). The molecule has 1 unspecified atom stereocenters. The number of rotatable bonds is 8. The van der Waals surface area contributed by atoms with Crippen LogP contribution in [0.4, 0.5) is 28.4 Å². The van der Waals surface area contributed by atoms with E-state index in [-0.39, 0.29) is 35.8 Å². The number of carbonyl (C=O) groups excluding carboxylic acids is 4. The van der Waals surface area contributed by atoms with Gasteiger partial charge in [-0.2, -0.15) is 13.2 Å². The van der Waals surface area contributed by atoms with Crippen LogP contribution < -0.4 is 21.4 Å². The van der Waals surface area contributed by atoms with Crippen molar-refractivity contribution in [2.24, 2.45) is 0 Å². The SMILES string of the molecule is CCC1(OC(=O)CNC(=O)OC(C)(C)C)C(=O)OCc2c1cc1n(c2=O)Cc2c-1nc1ccc(NC(=O)OC(C)(C)C)cc1c2[Si](C)(C)CCC(F)(F)F. The Bertz CT molecular complexity index is 2100. The number of cyclic esters (lactones) is 1. The van der Waals surface area contributed by atoms with Crippen LogP contribution in [0.5, 0.6) is 0 Å². The number of anilines is 1. The van der Waals surface area contributed by atoms with Gasteiger partial charge in [-0.25, -0.2) is 19.4 Å². The van der Waals surface area contributed by atoms with Crippen molar-refractivity contribution in [3.63, 3.8) is 0 Å². The van der Waals surface area contributed by atoms with Crippen molar-refractivity contribution < 1.29 is 51.3 Å². The number of ether oxygens (including phenoxy) is 4. The van der Waals surface area contributed by atoms with Crippen LogP contribution in [0.15, 0.2) is 29.1 Å². The Morgan fingerprint density at radius 1 is 0.981 bits per heavy atom. The first-order chi connectivity index (χ1) is 24.8. The molecule has 1 atom stereocenters. The summed E-state index contributed by atoms with van der Waals surface area (Å²) in [6.07, 6.45) is -7.15. The molecule has 2 N–H and O–H groups in total. The molecule has 0 saturated heterocycles. The molecule has 2 aliphatic heterocycles. The van der Waals surface area contributed by atoms with Crippen LogP contribution in [0.3, 0.4) is 0 Å². The smallest absolute Gasteiger partial charge is 0.412 e. The molecule has 0 radical (unpaired) electrons. The van der Waals surface area contributed by atoms with Crippen molar-refractivity contribution in [3.8, 4) is 11.4 Å². The highest BCUT2D eigenvalue weighted by Gasteiger charge is 2.51. The van der Waals surface area contributed by atoms with Crippen molar-refractivity contribution >= 4 is 54.0 Å². The molecule has 2 aliphatic rings. The minimum atomic E-state index is -4.41. The summed E-state index contributed by atoms with van der Waals surface area (Å²) in [5, 5.41) is 6.15. The van der Waals surface area contributed by atoms with Crippen molar-refractivity contribution in [2.75, 3.05) is 11.9 Å². The van der Waals surface area contributed by atoms with E-state index >= 15 is 0 Å². The summed E-state index contributed by atoms with van der Waals surface area (Å²) in [6, 6.07) is 6.26. The number of fused-ring (bicyclic) bond motifs is 5. The van der Waals surface area contributed by atoms with Gasteiger partial charge in [0.15, 0.2) is 0 Å². The number of alkyl halides is 3. The van der Waals surface area contributed by atoms with Crippen LogP contribution in [0.25, 0.3) is 22.3 Å². The number of carbonyl (C=O) groups is 4. The lowest BCUT2D eigenvalue weighted by Gasteiger charge is -2.35. The molecule has 1 aromatic carbocycles. The molecule has 2 aromatic heterocycles. The molecule has 13 nitrogen and oxygen atoms in total. The standard InChI is InChI=1S/C37H45F3N4O9Si/c1-10-36(51-27(45)17-41-32(48)52-34(2,3)4)24-16-26-28-22(18-44(26)30(46)23(24)19-50-31(36)47)29(54(8,9)14-13-37(38,39)40)21-15-20(11-12-25(21)43-28)42-33(49)53-35(5,6)7/h11-12,15-16H,10,13-14,17-19H2,1-9H3,(H,41,48)(H,42,49). The molecule has 3 aromatic rings. The summed E-state index contributed by atoms with van der Waals surface area (Å²) >= 11 is 0. The Labute approximate surface area is 310 Å². The number of nitrogens with zero attached hydrogens (tertiary/aromatic N) is 2. The summed E-state index contributed by atoms with van der Waals surface area (Å²) in [7, 11) is -3.01. The lowest BCUT2D eigenvalue weighted by molar-refractivity contribution is -0.188. The number of esters is 2. The van der Waals surface area contributed by atoms with Crippen LogP contribution in [-0.4, -0.2) is 65.7 Å². The zero-order valence-electron chi connectivity index (χ0n) is 31.8. The average Bonchev–Trinajstić information content (AvgIpc) is 3.39. The van der Waals surface area contributed by atoms with Gasteiger partial charge in [-0.3, -0.25) is 14.9 Å². The molecule has 292 valence electrons. The molecule has 54 heavy (non-hydrogen) atoms. The fourth-order valence-corrected chi connectivity index (χ4v) is 9.88. The lowest BCUT2D eigenvalue weighted by atomic mass is 9.85. The van der Waals surface area contributed by atoms with E-state index < -0.39 is 80.3 Å². The number of aromatic nitrogens is 2. The van der Waals surface area contributed by atoms with Crippen molar-refractivity contribution in [1.29, 1.82) is 0 Å². The first-order valence-electron chi connectivity index (χ1n) is 17.5. The minimum Gasteiger partial charge on any atom is -0.457 e. The lowest BCUT2D eigenvalue weighted by Crippen LogP contribution is -2.49. The highest BCUT2D eigenvalue weighted by Crippen LogP contribution is 2.42. The zero-order valence-corrected chi connectivity index (χ0v) is 32.8. The fourth-order valence-electron chi connectivity index (χ4n) is 6.78. The van der Waals surface area contributed by atoms with Crippen LogP contribution in [0.1, 0.15) is 78.0 Å². The van der Waals surface area contributed by atoms with Crippen LogP contribution in [0.2, 0.25) is 19.1 Å². The quantitative estimate of drug-likeness (QED) is 0.117. The number of benzene rings is 1. The highest BCUT2D eigenvalue weighted by molar-refractivity contribution is 6.91. The van der Waals surface area contributed by atoms with Gasteiger partial charge in [0.25, 0.3) is 5.56 Å². The molecule has 2 amide bonds. The second-order valence-electron chi connectivity index (χ2n) is 16.1. The Balaban J connectivity index is 1.64. The third-order valence-electron chi connectivity index (χ3n) is 9.07. The van der Waals surface area contributed by atoms with Gasteiger partial charge >= 0.3 is 30.3 Å². The first-order valence-corrected chi connectivity index (χ1v) is 20.7. The number of nitrogens with one attached hydrogen (secondary N) is 2. The maximum absolute atomic E-state index is 14.2. The second-order valence-corrected chi connectivity index (χ2v) is 20.8. The van der Waals surface area contributed by atoms with E-state index in [4.69, 9.17) is 23.9 Å². The molecular weight excluding hydrogens is 730 g/mol. The largest absolute Gasteiger partial charge is 0.457 e. The van der Waals surface area contributed by atoms with Crippen molar-refractivity contribution in [3.05, 3.63) is 51.3 Å². The number of pyridine rings is 2. The third-order valence-corrected chi connectivity index (χ3v) is 12.5. The monoisotopic (exact) mass is 774 g/mol. The number of amides is 2. The number of hydrogen-bond donors (Lipinski definition) is 2. The molecule has 17 heteroatoms. The summed E-state index contributed by atoms with van der Waals surface area (Å²) in [4.78, 5) is 70.6. The number of hydrogen-bond acceptors (Lipinski definition) is 10. The van der Waals surface area contributed by atoms with Crippen molar-refractivity contribution in [2.45, 2.75) is 117 Å². The van der Waals surface area contributed by atoms with E-state index in [1.165, 1.54) is 4.57 Å². The van der Waals surface area contributed by atoms with Crippen molar-refractivity contribution in [1.82, 2.24) is 14.9 Å². The van der Waals surface area contributed by atoms with Crippen LogP contribution >= 0.6 is 0 Å². The highest BCUT2D eigenvalue weighted by atomic mass is 28.3. The first kappa shape index (κ1) is 40.3. The molecular formula is C37H45F3N4O9Si. The van der Waals surface area contributed by atoms with Gasteiger partial charge in [-0.15, -0.1) is 0 Å². The molecule has 0 spiro atoms. The van der Waals surface area contributed by atoms with Gasteiger partial charge in [0.1, 0.15) is 24.4 Å². The second kappa shape index (κ2) is 14.0. The molecule has 0 fully saturated rings. The summed E-state index contributed by atoms with van der Waals surface area (Å²) in [6.45, 7) is 14.2. The van der Waals surface area contributed by atoms with Gasteiger partial charge in [0.2, 0.25) is 5.60 Å². The minimum absolute atomic E-state index is 0.0338. The molecule has 4 heterocycles. The average molecular weight is 775 g/mol. The number of alkyl carbamates (subject to hydrolysis) is 1. The van der Waals surface area contributed by atoms with Gasteiger partial charge in [0.05, 0.1) is 37.1 Å². The summed E-state index contributed by atoms with van der Waals surface area (Å²) < 4.78 is 64.1. The Hall–Kier alpha value is -4.93. The predicted octanol–water partition coefficient (Wildman–Crippen LogP) is 6.37. The van der Waals surface area contributed by atoms with E-state index in [1.54, 1.807) is 72.7 Å². The summed E-state index contributed by atoms with van der Waals surface area (Å²) in [5.74, 6) is -1.91. The number of halogens is 3. The predicted molar refractivity (Wildman–Crippen MR) is 195 cm³/mol. The molecule has 0 aliphatic carbocycles. The maximum Gasteiger partial charge on any atom is 0.412 e. The van der Waals surface area contributed by atoms with E-state index in [2.05, 4.69) is 10.6 Å². The molecule has 0 saturated carbocycles. The Morgan fingerprint density at radius 2 is 1.63 bits per heavy atom. The Kier molecular flexibility index (Phi) is 10.5. The van der Waals surface area contributed by atoms with E-state index in [0.29, 0.717) is 33.0 Å². The fraction of sp³-hybridized carbons (Fsp3) is 0.514. The van der Waals surface area contributed by atoms with E-state index in [0.717, 1.165) is 0 Å².